The van der Waals surface area contributed by atoms with Crippen LogP contribution in [0.4, 0.5) is 10.1 Å². The maximum Gasteiger partial charge on any atom is 0.264 e. The summed E-state index contributed by atoms with van der Waals surface area (Å²) >= 11 is 0. The molecule has 0 aromatic heterocycles. The van der Waals surface area contributed by atoms with Crippen LogP contribution in [0.3, 0.4) is 0 Å². The van der Waals surface area contributed by atoms with Gasteiger partial charge in [-0.15, -0.1) is 0 Å². The van der Waals surface area contributed by atoms with E-state index in [4.69, 9.17) is 9.47 Å². The number of carbonyl (C=O) groups is 1. The lowest BCUT2D eigenvalue weighted by Gasteiger charge is -2.24. The maximum atomic E-state index is 13.5. The van der Waals surface area contributed by atoms with Gasteiger partial charge in [0, 0.05) is 6.54 Å². The third kappa shape index (κ3) is 7.45. The first-order valence-corrected chi connectivity index (χ1v) is 13.1. The first-order chi connectivity index (χ1) is 17.2. The van der Waals surface area contributed by atoms with E-state index in [1.807, 2.05) is 38.1 Å². The molecule has 0 fully saturated rings. The zero-order chi connectivity index (χ0) is 26.1. The fourth-order valence-electron chi connectivity index (χ4n) is 3.51. The number of methoxy groups -OCH3 is 1. The SMILES string of the molecule is COc1ccc(S(=O)(=O)N(CC(=O)NCCCc2ccc(OC(C)C)cc2)c2ccc(F)cc2)cc1. The molecule has 0 spiro atoms. The van der Waals surface area contributed by atoms with E-state index in [1.165, 1.54) is 43.5 Å². The third-order valence-corrected chi connectivity index (χ3v) is 7.10. The van der Waals surface area contributed by atoms with E-state index in [-0.39, 0.29) is 16.7 Å². The third-order valence-electron chi connectivity index (χ3n) is 5.31. The zero-order valence-electron chi connectivity index (χ0n) is 20.6. The number of benzene rings is 3. The lowest BCUT2D eigenvalue weighted by atomic mass is 10.1. The average molecular weight is 515 g/mol. The second-order valence-corrected chi connectivity index (χ2v) is 10.3. The van der Waals surface area contributed by atoms with Crippen molar-refractivity contribution in [3.8, 4) is 11.5 Å². The molecule has 0 unspecified atom stereocenters. The Morgan fingerprint density at radius 1 is 0.944 bits per heavy atom. The molecule has 0 aliphatic heterocycles. The van der Waals surface area contributed by atoms with Crippen molar-refractivity contribution in [2.24, 2.45) is 0 Å². The molecule has 192 valence electrons. The first-order valence-electron chi connectivity index (χ1n) is 11.6. The van der Waals surface area contributed by atoms with Gasteiger partial charge in [-0.25, -0.2) is 12.8 Å². The summed E-state index contributed by atoms with van der Waals surface area (Å²) in [5, 5.41) is 2.78. The lowest BCUT2D eigenvalue weighted by molar-refractivity contribution is -0.119. The van der Waals surface area contributed by atoms with Crippen molar-refractivity contribution in [3.63, 3.8) is 0 Å². The summed E-state index contributed by atoms with van der Waals surface area (Å²) in [5.74, 6) is 0.342. The van der Waals surface area contributed by atoms with Gasteiger partial charge in [0.1, 0.15) is 23.9 Å². The van der Waals surface area contributed by atoms with Crippen LogP contribution < -0.4 is 19.1 Å². The first kappa shape index (κ1) is 27.0. The number of anilines is 1. The molecule has 0 bridgehead atoms. The molecule has 0 saturated heterocycles. The summed E-state index contributed by atoms with van der Waals surface area (Å²) in [6, 6.07) is 18.6. The monoisotopic (exact) mass is 514 g/mol. The Kier molecular flexibility index (Phi) is 9.30. The van der Waals surface area contributed by atoms with Crippen molar-refractivity contribution < 1.29 is 27.1 Å². The highest BCUT2D eigenvalue weighted by atomic mass is 32.2. The van der Waals surface area contributed by atoms with Gasteiger partial charge in [0.15, 0.2) is 0 Å². The molecule has 3 rings (SSSR count). The number of nitrogens with zero attached hydrogens (tertiary/aromatic N) is 1. The minimum atomic E-state index is -4.09. The molecule has 1 amide bonds. The highest BCUT2D eigenvalue weighted by Gasteiger charge is 2.27. The highest BCUT2D eigenvalue weighted by molar-refractivity contribution is 7.92. The highest BCUT2D eigenvalue weighted by Crippen LogP contribution is 2.25. The van der Waals surface area contributed by atoms with Crippen LogP contribution in [-0.4, -0.2) is 40.6 Å². The Labute approximate surface area is 211 Å². The Hall–Kier alpha value is -3.59. The fraction of sp³-hybridized carbons (Fsp3) is 0.296. The molecule has 0 aliphatic rings. The molecule has 1 N–H and O–H groups in total. The minimum Gasteiger partial charge on any atom is -0.497 e. The van der Waals surface area contributed by atoms with Crippen LogP contribution in [0, 0.1) is 5.82 Å². The molecule has 3 aromatic rings. The summed E-state index contributed by atoms with van der Waals surface area (Å²) < 4.78 is 51.9. The van der Waals surface area contributed by atoms with Gasteiger partial charge in [0.25, 0.3) is 10.0 Å². The number of ether oxygens (including phenoxy) is 2. The number of hydrogen-bond donors (Lipinski definition) is 1. The van der Waals surface area contributed by atoms with E-state index in [2.05, 4.69) is 5.32 Å². The summed E-state index contributed by atoms with van der Waals surface area (Å²) in [7, 11) is -2.61. The number of rotatable bonds is 12. The molecule has 0 heterocycles. The molecule has 0 atom stereocenters. The quantitative estimate of drug-likeness (QED) is 0.358. The Morgan fingerprint density at radius 2 is 1.56 bits per heavy atom. The van der Waals surface area contributed by atoms with E-state index < -0.39 is 28.3 Å². The Bertz CT molecular complexity index is 1230. The fourth-order valence-corrected chi connectivity index (χ4v) is 4.93. The van der Waals surface area contributed by atoms with E-state index in [0.29, 0.717) is 18.7 Å². The average Bonchev–Trinajstić information content (AvgIpc) is 2.86. The van der Waals surface area contributed by atoms with Gasteiger partial charge >= 0.3 is 0 Å². The van der Waals surface area contributed by atoms with Crippen molar-refractivity contribution in [3.05, 3.63) is 84.2 Å². The van der Waals surface area contributed by atoms with Crippen molar-refractivity contribution in [2.45, 2.75) is 37.7 Å². The van der Waals surface area contributed by atoms with Gasteiger partial charge in [-0.3, -0.25) is 9.10 Å². The van der Waals surface area contributed by atoms with Crippen LogP contribution >= 0.6 is 0 Å². The number of aryl methyl sites for hydroxylation is 1. The number of amides is 1. The van der Waals surface area contributed by atoms with Crippen molar-refractivity contribution in [2.75, 3.05) is 24.5 Å². The Balaban J connectivity index is 1.64. The van der Waals surface area contributed by atoms with E-state index in [9.17, 15) is 17.6 Å². The van der Waals surface area contributed by atoms with Gasteiger partial charge in [-0.05, 0) is 92.9 Å². The predicted molar refractivity (Wildman–Crippen MR) is 137 cm³/mol. The second-order valence-electron chi connectivity index (χ2n) is 8.43. The van der Waals surface area contributed by atoms with Gasteiger partial charge in [0.05, 0.1) is 23.8 Å². The summed E-state index contributed by atoms with van der Waals surface area (Å²) in [6.07, 6.45) is 1.53. The van der Waals surface area contributed by atoms with Crippen molar-refractivity contribution in [1.82, 2.24) is 5.32 Å². The van der Waals surface area contributed by atoms with E-state index >= 15 is 0 Å². The Morgan fingerprint density at radius 3 is 2.14 bits per heavy atom. The number of sulfonamides is 1. The number of nitrogens with one attached hydrogen (secondary N) is 1. The molecular formula is C27H31FN2O5S. The minimum absolute atomic E-state index is 0.00896. The number of hydrogen-bond acceptors (Lipinski definition) is 5. The topological polar surface area (TPSA) is 84.9 Å². The zero-order valence-corrected chi connectivity index (χ0v) is 21.4. The second kappa shape index (κ2) is 12.4. The summed E-state index contributed by atoms with van der Waals surface area (Å²) in [4.78, 5) is 12.7. The molecule has 0 saturated carbocycles. The molecule has 0 radical (unpaired) electrons. The predicted octanol–water partition coefficient (Wildman–Crippen LogP) is 4.57. The number of halogens is 1. The molecule has 0 aliphatic carbocycles. The maximum absolute atomic E-state index is 13.5. The van der Waals surface area contributed by atoms with E-state index in [1.54, 1.807) is 0 Å². The lowest BCUT2D eigenvalue weighted by Crippen LogP contribution is -2.41. The normalized spacial score (nSPS) is 11.2. The van der Waals surface area contributed by atoms with Crippen LogP contribution in [0.5, 0.6) is 11.5 Å². The van der Waals surface area contributed by atoms with Crippen molar-refractivity contribution in [1.29, 1.82) is 0 Å². The van der Waals surface area contributed by atoms with Gasteiger partial charge in [0.2, 0.25) is 5.91 Å². The summed E-state index contributed by atoms with van der Waals surface area (Å²) in [6.45, 7) is 3.87. The largest absolute Gasteiger partial charge is 0.497 e. The van der Waals surface area contributed by atoms with Crippen LogP contribution in [0.1, 0.15) is 25.8 Å². The summed E-state index contributed by atoms with van der Waals surface area (Å²) in [5.41, 5.74) is 1.29. The molecular weight excluding hydrogens is 483 g/mol. The van der Waals surface area contributed by atoms with Crippen LogP contribution in [0.25, 0.3) is 0 Å². The van der Waals surface area contributed by atoms with Crippen LogP contribution in [0.2, 0.25) is 0 Å². The molecule has 9 heteroatoms. The van der Waals surface area contributed by atoms with Gasteiger partial charge < -0.3 is 14.8 Å². The smallest absolute Gasteiger partial charge is 0.264 e. The molecule has 36 heavy (non-hydrogen) atoms. The standard InChI is InChI=1S/C27H31FN2O5S/c1-20(2)35-25-12-6-21(7-13-25)5-4-18-29-27(31)19-30(23-10-8-22(28)9-11-23)36(32,33)26-16-14-24(34-3)15-17-26/h6-17,20H,4-5,18-19H2,1-3H3,(H,29,31). The number of carbonyl (C=O) groups excluding carboxylic acids is 1. The van der Waals surface area contributed by atoms with Gasteiger partial charge in [-0.1, -0.05) is 12.1 Å². The molecule has 7 nitrogen and oxygen atoms in total. The van der Waals surface area contributed by atoms with Crippen LogP contribution in [0.15, 0.2) is 77.7 Å². The van der Waals surface area contributed by atoms with Crippen molar-refractivity contribution >= 4 is 21.6 Å². The van der Waals surface area contributed by atoms with Gasteiger partial charge in [-0.2, -0.15) is 0 Å². The van der Waals surface area contributed by atoms with E-state index in [0.717, 1.165) is 34.2 Å². The molecule has 3 aromatic carbocycles. The van der Waals surface area contributed by atoms with Crippen LogP contribution in [-0.2, 0) is 21.2 Å².